The Bertz CT molecular complexity index is 1240. The molecule has 0 aliphatic carbocycles. The molecule has 2 atom stereocenters. The van der Waals surface area contributed by atoms with Gasteiger partial charge in [-0.1, -0.05) is 32.0 Å². The summed E-state index contributed by atoms with van der Waals surface area (Å²) in [4.78, 5) is 25.3. The molecule has 0 heterocycles. The molecule has 42 heavy (non-hydrogen) atoms. The number of rotatable bonds is 17. The molecule has 1 rings (SSSR count). The number of nitrogens with one attached hydrogen (secondary N) is 1. The number of carboxylic acid groups (broad SMARTS) is 1. The van der Waals surface area contributed by atoms with E-state index in [0.29, 0.717) is 18.4 Å². The van der Waals surface area contributed by atoms with Crippen molar-refractivity contribution >= 4 is 32.3 Å². The quantitative estimate of drug-likeness (QED) is 0.168. The highest BCUT2D eigenvalue weighted by molar-refractivity contribution is 7.86. The summed E-state index contributed by atoms with van der Waals surface area (Å²) < 4.78 is 60.5. The molecular formula is C27H46N2O11S2. The van der Waals surface area contributed by atoms with Gasteiger partial charge in [-0.2, -0.15) is 16.8 Å². The largest absolute Gasteiger partial charge is 0.481 e. The van der Waals surface area contributed by atoms with E-state index in [1.165, 1.54) is 4.90 Å². The first-order valence-corrected chi connectivity index (χ1v) is 17.0. The third kappa shape index (κ3) is 16.4. The van der Waals surface area contributed by atoms with Crippen LogP contribution in [0.25, 0.3) is 0 Å². The molecule has 242 valence electrons. The van der Waals surface area contributed by atoms with Crippen molar-refractivity contribution in [3.05, 3.63) is 34.9 Å². The maximum atomic E-state index is 12.3. The summed E-state index contributed by atoms with van der Waals surface area (Å²) in [6.07, 6.45) is 0.359. The number of nitrogens with zero attached hydrogens (tertiary/aromatic N) is 1. The average molecular weight is 639 g/mol. The Hall–Kier alpha value is -2.30. The van der Waals surface area contributed by atoms with Crippen LogP contribution in [0.2, 0.25) is 0 Å². The molecule has 1 aromatic carbocycles. The van der Waals surface area contributed by atoms with Crippen LogP contribution in [0, 0.1) is 12.3 Å². The fraction of sp³-hybridized carbons (Fsp3) is 0.704. The first-order chi connectivity index (χ1) is 19.0. The van der Waals surface area contributed by atoms with Gasteiger partial charge in [0.2, 0.25) is 0 Å². The van der Waals surface area contributed by atoms with Gasteiger partial charge in [0.15, 0.2) is 0 Å². The van der Waals surface area contributed by atoms with E-state index < -0.39 is 55.6 Å². The van der Waals surface area contributed by atoms with Crippen molar-refractivity contribution in [3.63, 3.8) is 0 Å². The number of carboxylic acids is 1. The van der Waals surface area contributed by atoms with Gasteiger partial charge in [-0.3, -0.25) is 18.1 Å². The highest BCUT2D eigenvalue weighted by Gasteiger charge is 2.29. The monoisotopic (exact) mass is 638 g/mol. The number of amides is 1. The second-order valence-electron chi connectivity index (χ2n) is 12.1. The van der Waals surface area contributed by atoms with Gasteiger partial charge in [0, 0.05) is 19.1 Å². The predicted octanol–water partition coefficient (Wildman–Crippen LogP) is 2.57. The zero-order valence-corrected chi connectivity index (χ0v) is 27.3. The van der Waals surface area contributed by atoms with Crippen LogP contribution in [0.1, 0.15) is 70.4 Å². The SMILES string of the molecule is Cc1ccc(C(O)N(CCOS(C)(=O)=O)CCOS(C)(=O)=O)cc1CC(C)(C)C[C@@H](CC(=O)O)NC(=O)OC(C)(C)C. The average Bonchev–Trinajstić information content (AvgIpc) is 2.75. The summed E-state index contributed by atoms with van der Waals surface area (Å²) in [6.45, 7) is 10.3. The Morgan fingerprint density at radius 3 is 1.95 bits per heavy atom. The van der Waals surface area contributed by atoms with E-state index in [0.717, 1.165) is 23.6 Å². The van der Waals surface area contributed by atoms with Crippen LogP contribution in [-0.4, -0.2) is 94.5 Å². The second kappa shape index (κ2) is 15.4. The van der Waals surface area contributed by atoms with Crippen molar-refractivity contribution in [2.24, 2.45) is 5.41 Å². The molecule has 1 unspecified atom stereocenters. The summed E-state index contributed by atoms with van der Waals surface area (Å²) in [5.41, 5.74) is 1.02. The van der Waals surface area contributed by atoms with Crippen LogP contribution in [-0.2, 0) is 44.6 Å². The lowest BCUT2D eigenvalue weighted by Crippen LogP contribution is -2.42. The highest BCUT2D eigenvalue weighted by atomic mass is 32.2. The molecule has 0 spiro atoms. The number of carbonyl (C=O) groups excluding carboxylic acids is 1. The van der Waals surface area contributed by atoms with E-state index in [9.17, 15) is 36.6 Å². The second-order valence-corrected chi connectivity index (χ2v) is 15.4. The van der Waals surface area contributed by atoms with Crippen LogP contribution in [0.15, 0.2) is 18.2 Å². The van der Waals surface area contributed by atoms with Crippen LogP contribution < -0.4 is 5.32 Å². The van der Waals surface area contributed by atoms with E-state index >= 15 is 0 Å². The molecular weight excluding hydrogens is 592 g/mol. The minimum atomic E-state index is -3.73. The summed E-state index contributed by atoms with van der Waals surface area (Å²) in [5.74, 6) is -1.06. The Morgan fingerprint density at radius 1 is 0.976 bits per heavy atom. The number of aliphatic carboxylic acids is 1. The number of aliphatic hydroxyl groups excluding tert-OH is 1. The van der Waals surface area contributed by atoms with Gasteiger partial charge in [-0.15, -0.1) is 0 Å². The number of aryl methyl sites for hydroxylation is 1. The van der Waals surface area contributed by atoms with Gasteiger partial charge in [-0.05, 0) is 62.6 Å². The van der Waals surface area contributed by atoms with Gasteiger partial charge in [0.1, 0.15) is 11.8 Å². The molecule has 0 aliphatic rings. The number of hydrogen-bond donors (Lipinski definition) is 3. The minimum Gasteiger partial charge on any atom is -0.481 e. The van der Waals surface area contributed by atoms with E-state index in [-0.39, 0.29) is 32.7 Å². The van der Waals surface area contributed by atoms with Crippen molar-refractivity contribution in [1.29, 1.82) is 0 Å². The molecule has 0 saturated carbocycles. The Balaban J connectivity index is 3.15. The maximum Gasteiger partial charge on any atom is 0.407 e. The summed E-state index contributed by atoms with van der Waals surface area (Å²) >= 11 is 0. The topological polar surface area (TPSA) is 186 Å². The lowest BCUT2D eigenvalue weighted by Gasteiger charge is -2.32. The summed E-state index contributed by atoms with van der Waals surface area (Å²) in [5, 5.41) is 23.3. The highest BCUT2D eigenvalue weighted by Crippen LogP contribution is 2.31. The number of alkyl carbamates (subject to hydrolysis) is 1. The molecule has 0 fully saturated rings. The number of hydrogen-bond acceptors (Lipinski definition) is 11. The third-order valence-electron chi connectivity index (χ3n) is 5.98. The summed E-state index contributed by atoms with van der Waals surface area (Å²) in [6, 6.07) is 4.62. The van der Waals surface area contributed by atoms with E-state index in [4.69, 9.17) is 13.1 Å². The molecule has 0 bridgehead atoms. The normalized spacial score (nSPS) is 14.4. The molecule has 13 nitrogen and oxygen atoms in total. The minimum absolute atomic E-state index is 0.0384. The number of benzene rings is 1. The van der Waals surface area contributed by atoms with Gasteiger partial charge < -0.3 is 20.3 Å². The smallest absolute Gasteiger partial charge is 0.407 e. The van der Waals surface area contributed by atoms with Crippen molar-refractivity contribution in [2.45, 2.75) is 78.7 Å². The molecule has 15 heteroatoms. The van der Waals surface area contributed by atoms with Crippen LogP contribution in [0.3, 0.4) is 0 Å². The van der Waals surface area contributed by atoms with Crippen LogP contribution >= 0.6 is 0 Å². The van der Waals surface area contributed by atoms with Crippen molar-refractivity contribution in [2.75, 3.05) is 38.8 Å². The first-order valence-electron chi connectivity index (χ1n) is 13.4. The lowest BCUT2D eigenvalue weighted by molar-refractivity contribution is -0.137. The van der Waals surface area contributed by atoms with Gasteiger partial charge in [0.25, 0.3) is 20.2 Å². The number of carbonyl (C=O) groups is 2. The molecule has 0 saturated heterocycles. The van der Waals surface area contributed by atoms with Gasteiger partial charge >= 0.3 is 12.1 Å². The van der Waals surface area contributed by atoms with E-state index in [2.05, 4.69) is 5.32 Å². The van der Waals surface area contributed by atoms with Crippen molar-refractivity contribution in [1.82, 2.24) is 10.2 Å². The molecule has 1 amide bonds. The van der Waals surface area contributed by atoms with Crippen LogP contribution in [0.4, 0.5) is 4.79 Å². The summed E-state index contributed by atoms with van der Waals surface area (Å²) in [7, 11) is -7.45. The zero-order valence-electron chi connectivity index (χ0n) is 25.7. The molecule has 0 aliphatic heterocycles. The van der Waals surface area contributed by atoms with Gasteiger partial charge in [0.05, 0.1) is 32.1 Å². The van der Waals surface area contributed by atoms with Crippen molar-refractivity contribution < 1.29 is 49.7 Å². The molecule has 0 radical (unpaired) electrons. The fourth-order valence-electron chi connectivity index (χ4n) is 4.34. The van der Waals surface area contributed by atoms with E-state index in [1.54, 1.807) is 32.9 Å². The Labute approximate surface area is 249 Å². The molecule has 0 aromatic heterocycles. The third-order valence-corrected chi connectivity index (χ3v) is 7.17. The standard InChI is InChI=1S/C27H46N2O11S2/c1-19-9-10-20(24(32)29(11-13-38-41(7,34)35)12-14-39-42(8,36)37)15-21(19)17-27(5,6)18-22(16-23(30)31)28-25(33)40-26(2,3)4/h9-10,15,22,24,32H,11-14,16-18H2,1-8H3,(H,28,33)(H,30,31)/t22-,24?/m1/s1. The fourth-order valence-corrected chi connectivity index (χ4v) is 5.09. The predicted molar refractivity (Wildman–Crippen MR) is 157 cm³/mol. The maximum absolute atomic E-state index is 12.3. The van der Waals surface area contributed by atoms with Crippen LogP contribution in [0.5, 0.6) is 0 Å². The van der Waals surface area contributed by atoms with E-state index in [1.807, 2.05) is 26.8 Å². The number of aliphatic hydroxyl groups is 1. The zero-order chi connectivity index (χ0) is 32.5. The number of ether oxygens (including phenoxy) is 1. The van der Waals surface area contributed by atoms with Crippen molar-refractivity contribution in [3.8, 4) is 0 Å². The first kappa shape index (κ1) is 37.7. The molecule has 3 N–H and O–H groups in total. The molecule has 1 aromatic rings. The lowest BCUT2D eigenvalue weighted by atomic mass is 9.78. The van der Waals surface area contributed by atoms with Gasteiger partial charge in [-0.25, -0.2) is 4.79 Å². The Kier molecular flexibility index (Phi) is 13.9. The Morgan fingerprint density at radius 2 is 1.50 bits per heavy atom.